The van der Waals surface area contributed by atoms with Crippen LogP contribution in [0.25, 0.3) is 0 Å². The van der Waals surface area contributed by atoms with Crippen molar-refractivity contribution in [2.75, 3.05) is 0 Å². The van der Waals surface area contributed by atoms with Crippen LogP contribution in [0.2, 0.25) is 0 Å². The van der Waals surface area contributed by atoms with Gasteiger partial charge in [0.1, 0.15) is 17.1 Å². The smallest absolute Gasteiger partial charge is 0.343 e. The molecule has 142 valence electrons. The van der Waals surface area contributed by atoms with Crippen molar-refractivity contribution in [1.29, 1.82) is 0 Å². The van der Waals surface area contributed by atoms with Gasteiger partial charge in [-0.1, -0.05) is 6.92 Å². The number of phenols is 1. The van der Waals surface area contributed by atoms with Gasteiger partial charge in [0.05, 0.1) is 18.3 Å². The summed E-state index contributed by atoms with van der Waals surface area (Å²) >= 11 is 0. The minimum atomic E-state index is -0.978. The Bertz CT molecular complexity index is 747. The van der Waals surface area contributed by atoms with Crippen molar-refractivity contribution in [2.45, 2.75) is 70.2 Å². The van der Waals surface area contributed by atoms with Gasteiger partial charge < -0.3 is 29.5 Å². The van der Waals surface area contributed by atoms with Crippen molar-refractivity contribution in [3.63, 3.8) is 0 Å². The van der Waals surface area contributed by atoms with E-state index in [9.17, 15) is 20.1 Å². The molecule has 7 nitrogen and oxygen atoms in total. The van der Waals surface area contributed by atoms with E-state index in [-0.39, 0.29) is 23.3 Å². The number of rotatable bonds is 1. The molecule has 0 bridgehead atoms. The molecule has 0 aliphatic carbocycles. The second-order valence-electron chi connectivity index (χ2n) is 7.77. The molecule has 0 radical (unpaired) electrons. The fourth-order valence-electron chi connectivity index (χ4n) is 4.39. The van der Waals surface area contributed by atoms with Crippen LogP contribution in [-0.2, 0) is 15.9 Å². The Balaban J connectivity index is 1.79. The van der Waals surface area contributed by atoms with Crippen LogP contribution in [0.4, 0.5) is 0 Å². The Kier molecular flexibility index (Phi) is 3.95. The Hall–Kier alpha value is -1.83. The van der Waals surface area contributed by atoms with Crippen LogP contribution in [0.3, 0.4) is 0 Å². The molecule has 3 aliphatic rings. The van der Waals surface area contributed by atoms with Crippen LogP contribution in [0, 0.1) is 5.92 Å². The molecule has 3 heterocycles. The summed E-state index contributed by atoms with van der Waals surface area (Å²) in [4.78, 5) is 12.2. The van der Waals surface area contributed by atoms with Crippen molar-refractivity contribution in [3.05, 3.63) is 22.8 Å². The van der Waals surface area contributed by atoms with Gasteiger partial charge in [0.25, 0.3) is 0 Å². The first-order chi connectivity index (χ1) is 12.2. The summed E-state index contributed by atoms with van der Waals surface area (Å²) in [5, 5.41) is 30.8. The molecule has 3 aliphatic heterocycles. The maximum absolute atomic E-state index is 12.2. The molecule has 26 heavy (non-hydrogen) atoms. The van der Waals surface area contributed by atoms with Gasteiger partial charge in [0.2, 0.25) is 5.79 Å². The largest absolute Gasteiger partial charge is 0.507 e. The molecule has 0 saturated carbocycles. The fraction of sp³-hybridized carbons (Fsp3) is 0.632. The molecular formula is C19H24O7. The van der Waals surface area contributed by atoms with E-state index in [1.165, 1.54) is 6.92 Å². The maximum atomic E-state index is 12.2. The summed E-state index contributed by atoms with van der Waals surface area (Å²) in [7, 11) is 0. The summed E-state index contributed by atoms with van der Waals surface area (Å²) in [6, 6.07) is 1.65. The number of carbonyl (C=O) groups is 1. The monoisotopic (exact) mass is 364 g/mol. The highest BCUT2D eigenvalue weighted by Crippen LogP contribution is 2.50. The Morgan fingerprint density at radius 3 is 2.73 bits per heavy atom. The highest BCUT2D eigenvalue weighted by molar-refractivity contribution is 5.98. The highest BCUT2D eigenvalue weighted by Gasteiger charge is 2.51. The number of benzene rings is 1. The summed E-state index contributed by atoms with van der Waals surface area (Å²) < 4.78 is 17.5. The summed E-state index contributed by atoms with van der Waals surface area (Å²) in [6.45, 7) is 5.36. The van der Waals surface area contributed by atoms with E-state index < -0.39 is 30.1 Å². The minimum Gasteiger partial charge on any atom is -0.507 e. The molecule has 0 aromatic heterocycles. The lowest BCUT2D eigenvalue weighted by Gasteiger charge is -2.48. The first kappa shape index (κ1) is 17.6. The molecule has 6 atom stereocenters. The fourth-order valence-corrected chi connectivity index (χ4v) is 4.39. The maximum Gasteiger partial charge on any atom is 0.343 e. The van der Waals surface area contributed by atoms with Crippen molar-refractivity contribution in [3.8, 4) is 11.5 Å². The second-order valence-corrected chi connectivity index (χ2v) is 7.77. The van der Waals surface area contributed by atoms with Crippen LogP contribution in [-0.4, -0.2) is 45.4 Å². The van der Waals surface area contributed by atoms with Gasteiger partial charge in [0.15, 0.2) is 6.10 Å². The summed E-state index contributed by atoms with van der Waals surface area (Å²) in [5.41, 5.74) is 1.04. The van der Waals surface area contributed by atoms with E-state index in [4.69, 9.17) is 14.2 Å². The van der Waals surface area contributed by atoms with Crippen molar-refractivity contribution in [2.24, 2.45) is 5.92 Å². The predicted octanol–water partition coefficient (Wildman–Crippen LogP) is 1.81. The number of aliphatic hydroxyl groups is 2. The van der Waals surface area contributed by atoms with Crippen molar-refractivity contribution in [1.82, 2.24) is 0 Å². The number of cyclic esters (lactones) is 1. The zero-order chi connectivity index (χ0) is 18.8. The molecule has 1 saturated heterocycles. The zero-order valence-corrected chi connectivity index (χ0v) is 15.1. The Morgan fingerprint density at radius 2 is 2.08 bits per heavy atom. The number of phenolic OH excluding ortho intramolecular Hbond substituents is 1. The van der Waals surface area contributed by atoms with Crippen LogP contribution < -0.4 is 4.74 Å². The van der Waals surface area contributed by atoms with Gasteiger partial charge in [-0.15, -0.1) is 0 Å². The van der Waals surface area contributed by atoms with Crippen LogP contribution >= 0.6 is 0 Å². The lowest BCUT2D eigenvalue weighted by molar-refractivity contribution is -0.281. The van der Waals surface area contributed by atoms with Gasteiger partial charge in [-0.25, -0.2) is 4.79 Å². The predicted molar refractivity (Wildman–Crippen MR) is 90.0 cm³/mol. The Labute approximate surface area is 151 Å². The number of ether oxygens (including phenoxy) is 3. The number of aliphatic hydroxyl groups excluding tert-OH is 2. The standard InChI is InChI=1S/C19H24O7/c1-8-4-12-14(26-19(8)7-11(21)5-9(2)25-19)6-13-15(16(12)22)18(23)24-17(13)10(3)20/h6,8-11,17,20-22H,4-5,7H2,1-3H3. The number of aromatic hydroxyl groups is 1. The SMILES string of the molecule is CC1CC(O)CC2(Oc3cc4c(c(O)c3CC2C)C(=O)OC4C(C)O)O1. The summed E-state index contributed by atoms with van der Waals surface area (Å²) in [6.07, 6.45) is -1.11. The van der Waals surface area contributed by atoms with E-state index in [0.717, 1.165) is 0 Å². The van der Waals surface area contributed by atoms with Gasteiger partial charge in [-0.3, -0.25) is 0 Å². The first-order valence-corrected chi connectivity index (χ1v) is 9.04. The lowest BCUT2D eigenvalue weighted by atomic mass is 9.82. The van der Waals surface area contributed by atoms with Gasteiger partial charge in [0, 0.05) is 23.5 Å². The third-order valence-corrected chi connectivity index (χ3v) is 5.65. The molecule has 1 fully saturated rings. The molecule has 1 aromatic carbocycles. The number of hydrogen-bond donors (Lipinski definition) is 3. The van der Waals surface area contributed by atoms with Crippen LogP contribution in [0.15, 0.2) is 6.07 Å². The average Bonchev–Trinajstić information content (AvgIpc) is 2.86. The normalized spacial score (nSPS) is 36.9. The quantitative estimate of drug-likeness (QED) is 0.653. The topological polar surface area (TPSA) is 105 Å². The van der Waals surface area contributed by atoms with Crippen molar-refractivity contribution >= 4 is 5.97 Å². The lowest BCUT2D eigenvalue weighted by Crippen LogP contribution is -2.55. The second kappa shape index (κ2) is 5.84. The highest BCUT2D eigenvalue weighted by atomic mass is 16.7. The third-order valence-electron chi connectivity index (χ3n) is 5.65. The van der Waals surface area contributed by atoms with E-state index in [1.54, 1.807) is 6.07 Å². The minimum absolute atomic E-state index is 0.0966. The van der Waals surface area contributed by atoms with Crippen molar-refractivity contribution < 1.29 is 34.3 Å². The number of esters is 1. The molecule has 0 amide bonds. The van der Waals surface area contributed by atoms with E-state index in [1.807, 2.05) is 13.8 Å². The molecule has 1 spiro atoms. The van der Waals surface area contributed by atoms with E-state index >= 15 is 0 Å². The number of hydrogen-bond acceptors (Lipinski definition) is 7. The zero-order valence-electron chi connectivity index (χ0n) is 15.1. The van der Waals surface area contributed by atoms with E-state index in [2.05, 4.69) is 0 Å². The molecule has 3 N–H and O–H groups in total. The van der Waals surface area contributed by atoms with Gasteiger partial charge in [-0.05, 0) is 32.8 Å². The van der Waals surface area contributed by atoms with Crippen LogP contribution in [0.1, 0.15) is 61.2 Å². The number of carbonyl (C=O) groups excluding carboxylic acids is 1. The number of fused-ring (bicyclic) bond motifs is 2. The van der Waals surface area contributed by atoms with E-state index in [0.29, 0.717) is 36.1 Å². The molecule has 1 aromatic rings. The summed E-state index contributed by atoms with van der Waals surface area (Å²) in [5.74, 6) is -1.49. The average molecular weight is 364 g/mol. The van der Waals surface area contributed by atoms with Gasteiger partial charge in [-0.2, -0.15) is 0 Å². The van der Waals surface area contributed by atoms with Crippen LogP contribution in [0.5, 0.6) is 11.5 Å². The Morgan fingerprint density at radius 1 is 1.35 bits per heavy atom. The molecule has 6 unspecified atom stereocenters. The molecular weight excluding hydrogens is 340 g/mol. The first-order valence-electron chi connectivity index (χ1n) is 9.04. The molecule has 4 rings (SSSR count). The van der Waals surface area contributed by atoms with Gasteiger partial charge >= 0.3 is 5.97 Å². The third kappa shape index (κ3) is 2.49. The molecule has 7 heteroatoms.